The Morgan fingerprint density at radius 1 is 0.795 bits per heavy atom. The van der Waals surface area contributed by atoms with Gasteiger partial charge in [0.05, 0.1) is 12.1 Å². The number of carboxylic acid groups (broad SMARTS) is 1. The molecule has 0 aromatic heterocycles. The molecule has 1 fully saturated rings. The molecule has 2 aromatic carbocycles. The molecule has 3 rings (SSSR count). The van der Waals surface area contributed by atoms with Crippen LogP contribution in [0.25, 0.3) is 0 Å². The largest absolute Gasteiger partial charge is 0.550 e. The van der Waals surface area contributed by atoms with Crippen molar-refractivity contribution < 1.29 is 37.5 Å². The number of phenolic OH excluding ortho intramolecular Hbond substituents is 2. The second-order valence-corrected chi connectivity index (χ2v) is 12.5. The molecule has 1 aliphatic rings. The van der Waals surface area contributed by atoms with Crippen LogP contribution in [0.4, 0.5) is 0 Å². The summed E-state index contributed by atoms with van der Waals surface area (Å²) in [7, 11) is 0. The first-order chi connectivity index (χ1) is 17.5. The smallest absolute Gasteiger partial charge is 0.128 e. The molecule has 7 heteroatoms. The number of phenols is 2. The number of aromatic hydroxyl groups is 2. The van der Waals surface area contributed by atoms with Crippen molar-refractivity contribution in [2.45, 2.75) is 111 Å². The molecular formula is C32H45CrN2O4-. The van der Waals surface area contributed by atoms with E-state index in [4.69, 9.17) is 19.9 Å². The van der Waals surface area contributed by atoms with Crippen molar-refractivity contribution in [2.24, 2.45) is 9.98 Å². The molecule has 214 valence electrons. The first-order valence-electron chi connectivity index (χ1n) is 13.4. The van der Waals surface area contributed by atoms with Gasteiger partial charge in [-0.1, -0.05) is 66.5 Å². The molecule has 2 N–H and O–H groups in total. The fourth-order valence-electron chi connectivity index (χ4n) is 4.75. The number of aryl methyl sites for hydroxylation is 2. The quantitative estimate of drug-likeness (QED) is 0.444. The average Bonchev–Trinajstić information content (AvgIpc) is 2.78. The molecule has 0 aliphatic heterocycles. The Morgan fingerprint density at radius 3 is 1.38 bits per heavy atom. The second kappa shape index (κ2) is 14.1. The van der Waals surface area contributed by atoms with Crippen LogP contribution in [0.15, 0.2) is 34.3 Å². The summed E-state index contributed by atoms with van der Waals surface area (Å²) in [5.41, 5.74) is 5.37. The molecule has 1 saturated carbocycles. The van der Waals surface area contributed by atoms with Crippen LogP contribution in [0.5, 0.6) is 11.5 Å². The molecule has 6 nitrogen and oxygen atoms in total. The molecule has 0 radical (unpaired) electrons. The fourth-order valence-corrected chi connectivity index (χ4v) is 4.75. The van der Waals surface area contributed by atoms with Gasteiger partial charge in [-0.25, -0.2) is 0 Å². The summed E-state index contributed by atoms with van der Waals surface area (Å²) in [6.45, 7) is 17.8. The normalized spacial score (nSPS) is 18.0. The number of hydrogen-bond acceptors (Lipinski definition) is 6. The van der Waals surface area contributed by atoms with E-state index >= 15 is 0 Å². The van der Waals surface area contributed by atoms with Crippen LogP contribution >= 0.6 is 0 Å². The maximum atomic E-state index is 10.9. The monoisotopic (exact) mass is 573 g/mol. The number of aliphatic imine (C=N–C) groups is 2. The van der Waals surface area contributed by atoms with E-state index in [-0.39, 0.29) is 40.3 Å². The molecule has 2 unspecified atom stereocenters. The molecular weight excluding hydrogens is 528 g/mol. The number of carbonyl (C=O) groups is 1. The van der Waals surface area contributed by atoms with Crippen molar-refractivity contribution in [1.29, 1.82) is 0 Å². The Labute approximate surface area is 245 Å². The van der Waals surface area contributed by atoms with E-state index in [9.17, 15) is 10.2 Å². The van der Waals surface area contributed by atoms with Crippen molar-refractivity contribution in [1.82, 2.24) is 0 Å². The van der Waals surface area contributed by atoms with Crippen LogP contribution in [0.1, 0.15) is 108 Å². The van der Waals surface area contributed by atoms with E-state index in [2.05, 4.69) is 67.5 Å². The first kappa shape index (κ1) is 34.4. The van der Waals surface area contributed by atoms with E-state index in [1.807, 2.05) is 24.6 Å². The molecule has 0 amide bonds. The zero-order chi connectivity index (χ0) is 28.8. The number of carboxylic acids is 1. The van der Waals surface area contributed by atoms with Crippen LogP contribution in [-0.2, 0) is 33.0 Å². The number of rotatable bonds is 4. The van der Waals surface area contributed by atoms with Gasteiger partial charge >= 0.3 is 0 Å². The maximum absolute atomic E-state index is 10.9. The van der Waals surface area contributed by atoms with E-state index < -0.39 is 5.97 Å². The van der Waals surface area contributed by atoms with Gasteiger partial charge in [-0.3, -0.25) is 9.98 Å². The zero-order valence-corrected chi connectivity index (χ0v) is 26.2. The standard InChI is InChI=1S/C30H42N2O2.C2H4O2.Cr/c1-19-13-21(27(33)23(15-19)29(3,4)5)17-31-25-11-9-10-12-26(25)32-18-22-14-20(2)16-24(28(22)34)30(6,7)8;1-2(3)4;/h13-18,25-26,33-34H,9-12H2,1-8H3;1H3,(H,3,4);/p-1. The topological polar surface area (TPSA) is 105 Å². The van der Waals surface area contributed by atoms with Gasteiger partial charge in [0, 0.05) is 58.0 Å². The predicted octanol–water partition coefficient (Wildman–Crippen LogP) is 5.91. The third-order valence-corrected chi connectivity index (χ3v) is 6.69. The van der Waals surface area contributed by atoms with Crippen LogP contribution in [-0.4, -0.2) is 40.7 Å². The molecule has 2 atom stereocenters. The summed E-state index contributed by atoms with van der Waals surface area (Å²) < 4.78 is 0. The van der Waals surface area contributed by atoms with E-state index in [0.29, 0.717) is 11.5 Å². The fraction of sp³-hybridized carbons (Fsp3) is 0.531. The number of aliphatic carboxylic acids is 1. The van der Waals surface area contributed by atoms with E-state index in [0.717, 1.165) is 66.0 Å². The minimum atomic E-state index is -1.08. The van der Waals surface area contributed by atoms with Crippen molar-refractivity contribution >= 4 is 18.4 Å². The predicted molar refractivity (Wildman–Crippen MR) is 155 cm³/mol. The third kappa shape index (κ3) is 10.1. The Bertz CT molecular complexity index is 1100. The Hall–Kier alpha value is -2.62. The van der Waals surface area contributed by atoms with Gasteiger partial charge in [0.25, 0.3) is 0 Å². The summed E-state index contributed by atoms with van der Waals surface area (Å²) in [6, 6.07) is 8.23. The van der Waals surface area contributed by atoms with Gasteiger partial charge < -0.3 is 20.1 Å². The molecule has 1 aliphatic carbocycles. The summed E-state index contributed by atoms with van der Waals surface area (Å²) in [6.07, 6.45) is 7.88. The van der Waals surface area contributed by atoms with E-state index in [1.54, 1.807) is 0 Å². The molecule has 0 bridgehead atoms. The number of hydrogen-bond donors (Lipinski definition) is 2. The minimum absolute atomic E-state index is 0. The second-order valence-electron chi connectivity index (χ2n) is 12.5. The van der Waals surface area contributed by atoms with E-state index in [1.165, 1.54) is 0 Å². The van der Waals surface area contributed by atoms with Crippen molar-refractivity contribution in [2.75, 3.05) is 0 Å². The van der Waals surface area contributed by atoms with Gasteiger partial charge in [0.1, 0.15) is 11.5 Å². The number of benzene rings is 2. The summed E-state index contributed by atoms with van der Waals surface area (Å²) in [5, 5.41) is 30.7. The molecule has 0 heterocycles. The third-order valence-electron chi connectivity index (χ3n) is 6.69. The van der Waals surface area contributed by atoms with Crippen LogP contribution in [0.3, 0.4) is 0 Å². The summed E-state index contributed by atoms with van der Waals surface area (Å²) in [4.78, 5) is 18.7. The van der Waals surface area contributed by atoms with Crippen molar-refractivity contribution in [3.05, 3.63) is 57.6 Å². The van der Waals surface area contributed by atoms with Crippen LogP contribution in [0.2, 0.25) is 0 Å². The number of carbonyl (C=O) groups excluding carboxylic acids is 1. The molecule has 0 spiro atoms. The van der Waals surface area contributed by atoms with Crippen LogP contribution < -0.4 is 5.11 Å². The van der Waals surface area contributed by atoms with Gasteiger partial charge in [-0.2, -0.15) is 0 Å². The Morgan fingerprint density at radius 2 is 1.10 bits per heavy atom. The zero-order valence-electron chi connectivity index (χ0n) is 25.0. The summed E-state index contributed by atoms with van der Waals surface area (Å²) >= 11 is 0. The van der Waals surface area contributed by atoms with Gasteiger partial charge in [0.2, 0.25) is 0 Å². The molecule has 0 saturated heterocycles. The minimum Gasteiger partial charge on any atom is -0.550 e. The van der Waals surface area contributed by atoms with Crippen molar-refractivity contribution in [3.8, 4) is 11.5 Å². The van der Waals surface area contributed by atoms with Crippen LogP contribution in [0, 0.1) is 13.8 Å². The number of nitrogens with zero attached hydrogens (tertiary/aromatic N) is 2. The average molecular weight is 574 g/mol. The maximum Gasteiger partial charge on any atom is 0.128 e. The molecule has 2 aromatic rings. The SMILES string of the molecule is CC(=O)[O-].Cc1cc(C=NC2CCCCC2N=Cc2cc(C)cc(C(C)(C)C)c2O)c(O)c(C(C)(C)C)c1.[Cr]. The molecule has 39 heavy (non-hydrogen) atoms. The Balaban J connectivity index is 0.00000142. The summed E-state index contributed by atoms with van der Waals surface area (Å²) in [5.74, 6) is -0.450. The van der Waals surface area contributed by atoms with Gasteiger partial charge in [-0.15, -0.1) is 0 Å². The Kier molecular flexibility index (Phi) is 12.5. The van der Waals surface area contributed by atoms with Gasteiger partial charge in [-0.05, 0) is 67.7 Å². The first-order valence-corrected chi connectivity index (χ1v) is 13.4. The van der Waals surface area contributed by atoms with Crippen molar-refractivity contribution in [3.63, 3.8) is 0 Å². The van der Waals surface area contributed by atoms with Gasteiger partial charge in [0.15, 0.2) is 0 Å².